The number of aliphatic imine (C=N–C) groups is 1. The molecule has 0 bridgehead atoms. The molecule has 0 N–H and O–H groups in total. The number of benzene rings is 4. The first-order chi connectivity index (χ1) is 21.8. The van der Waals surface area contributed by atoms with Crippen molar-refractivity contribution in [3.8, 4) is 11.5 Å². The number of rotatable bonds is 12. The molecule has 45 heavy (non-hydrogen) atoms. The van der Waals surface area contributed by atoms with Gasteiger partial charge in [-0.2, -0.15) is 8.42 Å². The molecule has 0 saturated carbocycles. The molecule has 0 atom stereocenters. The SMILES string of the molecule is C=CCc1cc(/C=C2/SC(=NCc3ccccc3)N(Cc3ccccc3)C2=O)cc(OCC)c1OS(=O)(=O)c1ccc(C)cc1. The van der Waals surface area contributed by atoms with Gasteiger partial charge in [-0.3, -0.25) is 14.7 Å². The molecule has 4 aromatic carbocycles. The maximum absolute atomic E-state index is 13.8. The average molecular weight is 639 g/mol. The van der Waals surface area contributed by atoms with Crippen LogP contribution in [0.4, 0.5) is 0 Å². The summed E-state index contributed by atoms with van der Waals surface area (Å²) < 4.78 is 38.1. The van der Waals surface area contributed by atoms with Gasteiger partial charge in [-0.1, -0.05) is 84.4 Å². The number of ether oxygens (including phenoxy) is 1. The summed E-state index contributed by atoms with van der Waals surface area (Å²) in [5.74, 6) is 0.191. The summed E-state index contributed by atoms with van der Waals surface area (Å²) in [5.41, 5.74) is 4.19. The van der Waals surface area contributed by atoms with Crippen molar-refractivity contribution in [3.05, 3.63) is 142 Å². The number of aryl methyl sites for hydroxylation is 1. The van der Waals surface area contributed by atoms with Crippen LogP contribution >= 0.6 is 11.8 Å². The lowest BCUT2D eigenvalue weighted by atomic mass is 10.0. The lowest BCUT2D eigenvalue weighted by Crippen LogP contribution is -2.28. The third-order valence-electron chi connectivity index (χ3n) is 6.93. The van der Waals surface area contributed by atoms with Crippen LogP contribution in [0.5, 0.6) is 11.5 Å². The van der Waals surface area contributed by atoms with Crippen molar-refractivity contribution < 1.29 is 22.1 Å². The Morgan fingerprint density at radius 3 is 2.24 bits per heavy atom. The number of thioether (sulfide) groups is 1. The first-order valence-electron chi connectivity index (χ1n) is 14.5. The fraction of sp³-hybridized carbons (Fsp3) is 0.167. The first kappa shape index (κ1) is 31.8. The summed E-state index contributed by atoms with van der Waals surface area (Å²) in [7, 11) is -4.14. The molecular weight excluding hydrogens is 605 g/mol. The molecule has 0 radical (unpaired) electrons. The molecule has 1 aliphatic rings. The van der Waals surface area contributed by atoms with E-state index in [0.717, 1.165) is 16.7 Å². The van der Waals surface area contributed by atoms with E-state index in [4.69, 9.17) is 13.9 Å². The van der Waals surface area contributed by atoms with Crippen LogP contribution in [0.1, 0.15) is 34.7 Å². The molecule has 0 unspecified atom stereocenters. The Bertz CT molecular complexity index is 1840. The van der Waals surface area contributed by atoms with Gasteiger partial charge in [0.25, 0.3) is 5.91 Å². The normalized spacial score (nSPS) is 15.1. The Morgan fingerprint density at radius 1 is 0.933 bits per heavy atom. The van der Waals surface area contributed by atoms with E-state index in [2.05, 4.69) is 6.58 Å². The van der Waals surface area contributed by atoms with E-state index in [-0.39, 0.29) is 28.9 Å². The highest BCUT2D eigenvalue weighted by Crippen LogP contribution is 2.39. The number of carbonyl (C=O) groups excluding carboxylic acids is 1. The van der Waals surface area contributed by atoms with Crippen molar-refractivity contribution in [2.45, 2.75) is 38.3 Å². The predicted molar refractivity (Wildman–Crippen MR) is 181 cm³/mol. The van der Waals surface area contributed by atoms with Gasteiger partial charge in [-0.15, -0.1) is 6.58 Å². The first-order valence-corrected chi connectivity index (χ1v) is 16.8. The molecule has 1 aliphatic heterocycles. The van der Waals surface area contributed by atoms with Gasteiger partial charge in [0.05, 0.1) is 24.6 Å². The van der Waals surface area contributed by atoms with Crippen LogP contribution in [-0.4, -0.2) is 31.0 Å². The Morgan fingerprint density at radius 2 is 1.60 bits per heavy atom. The molecule has 0 aromatic heterocycles. The Hall–Kier alpha value is -4.60. The maximum atomic E-state index is 13.8. The van der Waals surface area contributed by atoms with Gasteiger partial charge in [-0.25, -0.2) is 0 Å². The van der Waals surface area contributed by atoms with Gasteiger partial charge in [0.1, 0.15) is 4.90 Å². The fourth-order valence-electron chi connectivity index (χ4n) is 4.72. The van der Waals surface area contributed by atoms with Crippen LogP contribution in [0.2, 0.25) is 0 Å². The smallest absolute Gasteiger partial charge is 0.339 e. The number of hydrogen-bond donors (Lipinski definition) is 0. The minimum atomic E-state index is -4.14. The third kappa shape index (κ3) is 7.92. The number of allylic oxidation sites excluding steroid dienone is 1. The molecule has 1 amide bonds. The Balaban J connectivity index is 1.51. The van der Waals surface area contributed by atoms with E-state index in [1.165, 1.54) is 23.9 Å². The second kappa shape index (κ2) is 14.5. The number of nitrogens with zero attached hydrogens (tertiary/aromatic N) is 2. The molecule has 1 heterocycles. The zero-order valence-electron chi connectivity index (χ0n) is 25.2. The van der Waals surface area contributed by atoms with E-state index >= 15 is 0 Å². The monoisotopic (exact) mass is 638 g/mol. The topological polar surface area (TPSA) is 85.3 Å². The van der Waals surface area contributed by atoms with Crippen LogP contribution in [0, 0.1) is 6.92 Å². The second-order valence-electron chi connectivity index (χ2n) is 10.4. The number of hydrogen-bond acceptors (Lipinski definition) is 7. The molecule has 1 fully saturated rings. The quantitative estimate of drug-likeness (QED) is 0.0905. The van der Waals surface area contributed by atoms with Gasteiger partial charge in [0, 0.05) is 5.56 Å². The van der Waals surface area contributed by atoms with Crippen LogP contribution < -0.4 is 8.92 Å². The number of amides is 1. The van der Waals surface area contributed by atoms with Crippen molar-refractivity contribution in [2.75, 3.05) is 6.61 Å². The van der Waals surface area contributed by atoms with Gasteiger partial charge >= 0.3 is 10.1 Å². The predicted octanol–water partition coefficient (Wildman–Crippen LogP) is 7.56. The van der Waals surface area contributed by atoms with E-state index in [1.807, 2.05) is 74.5 Å². The zero-order valence-corrected chi connectivity index (χ0v) is 26.8. The van der Waals surface area contributed by atoms with Crippen LogP contribution in [0.25, 0.3) is 6.08 Å². The molecule has 4 aromatic rings. The molecule has 9 heteroatoms. The fourth-order valence-corrected chi connectivity index (χ4v) is 6.67. The highest BCUT2D eigenvalue weighted by molar-refractivity contribution is 8.18. The summed E-state index contributed by atoms with van der Waals surface area (Å²) in [6.45, 7) is 8.64. The molecule has 230 valence electrons. The molecular formula is C36H34N2O5S2. The van der Waals surface area contributed by atoms with E-state index < -0.39 is 10.1 Å². The molecule has 1 saturated heterocycles. The Labute approximate surface area is 269 Å². The van der Waals surface area contributed by atoms with Crippen molar-refractivity contribution in [1.29, 1.82) is 0 Å². The van der Waals surface area contributed by atoms with Crippen molar-refractivity contribution >= 4 is 39.0 Å². The highest BCUT2D eigenvalue weighted by Gasteiger charge is 2.33. The van der Waals surface area contributed by atoms with Gasteiger partial charge < -0.3 is 8.92 Å². The Kier molecular flexibility index (Phi) is 10.2. The van der Waals surface area contributed by atoms with Gasteiger partial charge in [0.2, 0.25) is 0 Å². The third-order valence-corrected chi connectivity index (χ3v) is 9.21. The van der Waals surface area contributed by atoms with Gasteiger partial charge in [-0.05, 0) is 79.1 Å². The summed E-state index contributed by atoms with van der Waals surface area (Å²) in [5, 5.41) is 0.611. The van der Waals surface area contributed by atoms with Crippen LogP contribution in [0.15, 0.2) is 125 Å². The largest absolute Gasteiger partial charge is 0.490 e. The second-order valence-corrected chi connectivity index (χ2v) is 12.9. The molecule has 5 rings (SSSR count). The number of amidine groups is 1. The van der Waals surface area contributed by atoms with E-state index in [0.29, 0.717) is 40.7 Å². The molecule has 7 nitrogen and oxygen atoms in total. The van der Waals surface area contributed by atoms with Crippen molar-refractivity contribution in [3.63, 3.8) is 0 Å². The van der Waals surface area contributed by atoms with Crippen molar-refractivity contribution in [2.24, 2.45) is 4.99 Å². The summed E-state index contributed by atoms with van der Waals surface area (Å²) in [6.07, 6.45) is 3.77. The summed E-state index contributed by atoms with van der Waals surface area (Å²) >= 11 is 1.31. The van der Waals surface area contributed by atoms with Crippen LogP contribution in [0.3, 0.4) is 0 Å². The lowest BCUT2D eigenvalue weighted by molar-refractivity contribution is -0.122. The van der Waals surface area contributed by atoms with E-state index in [9.17, 15) is 13.2 Å². The van der Waals surface area contributed by atoms with Gasteiger partial charge in [0.15, 0.2) is 16.7 Å². The lowest BCUT2D eigenvalue weighted by Gasteiger charge is -2.17. The van der Waals surface area contributed by atoms with E-state index in [1.54, 1.807) is 41.3 Å². The summed E-state index contributed by atoms with van der Waals surface area (Å²) in [4.78, 5) is 20.8. The maximum Gasteiger partial charge on any atom is 0.339 e. The highest BCUT2D eigenvalue weighted by atomic mass is 32.2. The summed E-state index contributed by atoms with van der Waals surface area (Å²) in [6, 6.07) is 29.6. The molecule has 0 aliphatic carbocycles. The molecule has 0 spiro atoms. The standard InChI is InChI=1S/C36H34N2O5S2/c1-4-12-30-21-29(22-32(42-5-2)34(30)43-45(40,41)31-19-17-26(3)18-20-31)23-33-35(39)38(25-28-15-10-7-11-16-28)36(44-33)37-24-27-13-8-6-9-14-27/h4,6-11,13-23H,1,5,12,24-25H2,2-3H3/b33-23+,37-36?. The van der Waals surface area contributed by atoms with Crippen LogP contribution in [-0.2, 0) is 34.4 Å². The van der Waals surface area contributed by atoms with Crippen molar-refractivity contribution in [1.82, 2.24) is 4.90 Å². The average Bonchev–Trinajstić information content (AvgIpc) is 3.32. The number of carbonyl (C=O) groups is 1. The minimum absolute atomic E-state index is 0.0417. The minimum Gasteiger partial charge on any atom is -0.490 e. The zero-order chi connectivity index (χ0) is 31.8.